The predicted octanol–water partition coefficient (Wildman–Crippen LogP) is 2.18. The SMILES string of the molecule is CCOCC(=O)c1ccc(F)c(F)c1. The molecule has 0 atom stereocenters. The summed E-state index contributed by atoms with van der Waals surface area (Å²) in [7, 11) is 0. The summed E-state index contributed by atoms with van der Waals surface area (Å²) in [6, 6.07) is 3.03. The van der Waals surface area contributed by atoms with Gasteiger partial charge in [0.2, 0.25) is 0 Å². The number of hydrogen-bond acceptors (Lipinski definition) is 2. The van der Waals surface area contributed by atoms with Crippen LogP contribution in [-0.2, 0) is 4.74 Å². The van der Waals surface area contributed by atoms with Gasteiger partial charge in [-0.1, -0.05) is 0 Å². The quantitative estimate of drug-likeness (QED) is 0.696. The van der Waals surface area contributed by atoms with E-state index in [1.165, 1.54) is 6.07 Å². The van der Waals surface area contributed by atoms with Crippen LogP contribution in [0.4, 0.5) is 8.78 Å². The van der Waals surface area contributed by atoms with E-state index in [4.69, 9.17) is 4.74 Å². The first-order valence-electron chi connectivity index (χ1n) is 4.21. The first-order chi connectivity index (χ1) is 6.65. The van der Waals surface area contributed by atoms with Crippen molar-refractivity contribution in [3.05, 3.63) is 35.4 Å². The molecule has 0 aromatic heterocycles. The molecule has 0 aliphatic rings. The fraction of sp³-hybridized carbons (Fsp3) is 0.300. The second-order valence-electron chi connectivity index (χ2n) is 2.69. The maximum atomic E-state index is 12.7. The van der Waals surface area contributed by atoms with Gasteiger partial charge >= 0.3 is 0 Å². The lowest BCUT2D eigenvalue weighted by Crippen LogP contribution is -2.09. The van der Waals surface area contributed by atoms with Crippen LogP contribution in [-0.4, -0.2) is 19.0 Å². The minimum absolute atomic E-state index is 0.110. The van der Waals surface area contributed by atoms with E-state index in [2.05, 4.69) is 0 Å². The van der Waals surface area contributed by atoms with Gasteiger partial charge in [0.1, 0.15) is 6.61 Å². The Morgan fingerprint density at radius 3 is 2.64 bits per heavy atom. The number of halogens is 2. The highest BCUT2D eigenvalue weighted by Crippen LogP contribution is 2.09. The molecular formula is C10H10F2O2. The van der Waals surface area contributed by atoms with Crippen molar-refractivity contribution in [2.24, 2.45) is 0 Å². The summed E-state index contributed by atoms with van der Waals surface area (Å²) in [6.07, 6.45) is 0. The highest BCUT2D eigenvalue weighted by molar-refractivity contribution is 5.97. The minimum Gasteiger partial charge on any atom is -0.374 e. The van der Waals surface area contributed by atoms with Crippen LogP contribution >= 0.6 is 0 Å². The van der Waals surface area contributed by atoms with Crippen molar-refractivity contribution < 1.29 is 18.3 Å². The molecule has 2 nitrogen and oxygen atoms in total. The van der Waals surface area contributed by atoms with Gasteiger partial charge in [0.05, 0.1) is 0 Å². The molecule has 0 unspecified atom stereocenters. The smallest absolute Gasteiger partial charge is 0.188 e. The van der Waals surface area contributed by atoms with Crippen molar-refractivity contribution in [3.8, 4) is 0 Å². The molecule has 14 heavy (non-hydrogen) atoms. The molecule has 0 saturated carbocycles. The third-order valence-corrected chi connectivity index (χ3v) is 1.68. The fourth-order valence-corrected chi connectivity index (χ4v) is 0.948. The first kappa shape index (κ1) is 10.8. The average molecular weight is 200 g/mol. The Kier molecular flexibility index (Phi) is 3.71. The van der Waals surface area contributed by atoms with Crippen LogP contribution in [0.25, 0.3) is 0 Å². The lowest BCUT2D eigenvalue weighted by atomic mass is 10.1. The van der Waals surface area contributed by atoms with Crippen LogP contribution in [0.5, 0.6) is 0 Å². The van der Waals surface area contributed by atoms with Gasteiger partial charge in [0, 0.05) is 12.2 Å². The van der Waals surface area contributed by atoms with Gasteiger partial charge < -0.3 is 4.74 Å². The monoisotopic (exact) mass is 200 g/mol. The van der Waals surface area contributed by atoms with E-state index in [-0.39, 0.29) is 18.0 Å². The summed E-state index contributed by atoms with van der Waals surface area (Å²) in [6.45, 7) is 2.05. The Hall–Kier alpha value is -1.29. The molecule has 1 rings (SSSR count). The van der Waals surface area contributed by atoms with Gasteiger partial charge in [-0.25, -0.2) is 8.78 Å². The van der Waals surface area contributed by atoms with Crippen LogP contribution in [0.3, 0.4) is 0 Å². The van der Waals surface area contributed by atoms with Crippen LogP contribution in [0.1, 0.15) is 17.3 Å². The third kappa shape index (κ3) is 2.60. The predicted molar refractivity (Wildman–Crippen MR) is 47.2 cm³/mol. The minimum atomic E-state index is -1.02. The average Bonchev–Trinajstić information content (AvgIpc) is 2.18. The van der Waals surface area contributed by atoms with Crippen molar-refractivity contribution in [1.29, 1.82) is 0 Å². The summed E-state index contributed by atoms with van der Waals surface area (Å²) in [4.78, 5) is 11.3. The lowest BCUT2D eigenvalue weighted by Gasteiger charge is -2.01. The number of hydrogen-bond donors (Lipinski definition) is 0. The van der Waals surface area contributed by atoms with E-state index in [1.54, 1.807) is 6.92 Å². The molecule has 0 saturated heterocycles. The van der Waals surface area contributed by atoms with Crippen LogP contribution in [0.2, 0.25) is 0 Å². The van der Waals surface area contributed by atoms with Crippen LogP contribution < -0.4 is 0 Å². The maximum absolute atomic E-state index is 12.7. The summed E-state index contributed by atoms with van der Waals surface area (Å²) < 4.78 is 30.0. The van der Waals surface area contributed by atoms with Gasteiger partial charge in [-0.05, 0) is 25.1 Å². The van der Waals surface area contributed by atoms with E-state index >= 15 is 0 Å². The van der Waals surface area contributed by atoms with E-state index in [1.807, 2.05) is 0 Å². The van der Waals surface area contributed by atoms with Crippen molar-refractivity contribution in [2.45, 2.75) is 6.92 Å². The number of rotatable bonds is 4. The van der Waals surface area contributed by atoms with Gasteiger partial charge in [-0.3, -0.25) is 4.79 Å². The fourth-order valence-electron chi connectivity index (χ4n) is 0.948. The van der Waals surface area contributed by atoms with Gasteiger partial charge in [0.25, 0.3) is 0 Å². The second-order valence-corrected chi connectivity index (χ2v) is 2.69. The zero-order valence-corrected chi connectivity index (χ0v) is 7.72. The molecule has 0 amide bonds. The van der Waals surface area contributed by atoms with E-state index in [0.717, 1.165) is 12.1 Å². The Morgan fingerprint density at radius 2 is 2.07 bits per heavy atom. The number of ketones is 1. The normalized spacial score (nSPS) is 10.2. The second kappa shape index (κ2) is 4.81. The van der Waals surface area contributed by atoms with Crippen LogP contribution in [0.15, 0.2) is 18.2 Å². The summed E-state index contributed by atoms with van der Waals surface area (Å²) in [5, 5.41) is 0. The number of carbonyl (C=O) groups excluding carboxylic acids is 1. The number of Topliss-reactive ketones (excluding diaryl/α,β-unsaturated/α-hetero) is 1. The number of ether oxygens (including phenoxy) is 1. The molecule has 0 bridgehead atoms. The standard InChI is InChI=1S/C10H10F2O2/c1-2-14-6-10(13)7-3-4-8(11)9(12)5-7/h3-5H,2,6H2,1H3. The number of carbonyl (C=O) groups is 1. The molecular weight excluding hydrogens is 190 g/mol. The molecule has 0 heterocycles. The van der Waals surface area contributed by atoms with Gasteiger partial charge in [-0.2, -0.15) is 0 Å². The zero-order chi connectivity index (χ0) is 10.6. The molecule has 0 radical (unpaired) electrons. The first-order valence-corrected chi connectivity index (χ1v) is 4.21. The molecule has 0 N–H and O–H groups in total. The Morgan fingerprint density at radius 1 is 1.36 bits per heavy atom. The molecule has 1 aromatic carbocycles. The van der Waals surface area contributed by atoms with Gasteiger partial charge in [-0.15, -0.1) is 0 Å². The highest BCUT2D eigenvalue weighted by Gasteiger charge is 2.09. The maximum Gasteiger partial charge on any atom is 0.188 e. The van der Waals surface area contributed by atoms with Crippen molar-refractivity contribution in [3.63, 3.8) is 0 Å². The zero-order valence-electron chi connectivity index (χ0n) is 7.72. The largest absolute Gasteiger partial charge is 0.374 e. The molecule has 76 valence electrons. The topological polar surface area (TPSA) is 26.3 Å². The molecule has 4 heteroatoms. The van der Waals surface area contributed by atoms with E-state index < -0.39 is 11.6 Å². The Bertz CT molecular complexity index is 337. The Labute approximate surface area is 80.5 Å². The van der Waals surface area contributed by atoms with Crippen molar-refractivity contribution >= 4 is 5.78 Å². The highest BCUT2D eigenvalue weighted by atomic mass is 19.2. The molecule has 0 spiro atoms. The number of benzene rings is 1. The van der Waals surface area contributed by atoms with Crippen molar-refractivity contribution in [1.82, 2.24) is 0 Å². The summed E-state index contributed by atoms with van der Waals surface area (Å²) >= 11 is 0. The van der Waals surface area contributed by atoms with Gasteiger partial charge in [0.15, 0.2) is 17.4 Å². The molecule has 0 aliphatic carbocycles. The van der Waals surface area contributed by atoms with E-state index in [0.29, 0.717) is 6.61 Å². The lowest BCUT2D eigenvalue weighted by molar-refractivity contribution is 0.0783. The van der Waals surface area contributed by atoms with Crippen LogP contribution in [0, 0.1) is 11.6 Å². The molecule has 0 fully saturated rings. The molecule has 1 aromatic rings. The molecule has 0 aliphatic heterocycles. The van der Waals surface area contributed by atoms with E-state index in [9.17, 15) is 13.6 Å². The Balaban J connectivity index is 2.76. The van der Waals surface area contributed by atoms with Crippen molar-refractivity contribution in [2.75, 3.05) is 13.2 Å². The summed E-state index contributed by atoms with van der Waals surface area (Å²) in [5.74, 6) is -2.34. The summed E-state index contributed by atoms with van der Waals surface area (Å²) in [5.41, 5.74) is 0.123. The third-order valence-electron chi connectivity index (χ3n) is 1.68.